The molecule has 82 valence electrons. The van der Waals surface area contributed by atoms with Crippen LogP contribution >= 0.6 is 11.6 Å². The first-order valence-electron chi connectivity index (χ1n) is 5.15. The molecule has 4 heteroatoms. The normalized spacial score (nSPS) is 21.3. The van der Waals surface area contributed by atoms with Crippen LogP contribution in [0, 0.1) is 0 Å². The zero-order valence-corrected chi connectivity index (χ0v) is 9.26. The Morgan fingerprint density at radius 3 is 3.00 bits per heavy atom. The lowest BCUT2D eigenvalue weighted by Crippen LogP contribution is -2.30. The molecule has 1 aromatic rings. The molecule has 3 nitrogen and oxygen atoms in total. The van der Waals surface area contributed by atoms with Crippen molar-refractivity contribution in [2.24, 2.45) is 0 Å². The summed E-state index contributed by atoms with van der Waals surface area (Å²) >= 11 is 6.07. The Hall–Kier alpha value is -0.930. The van der Waals surface area contributed by atoms with Gasteiger partial charge in [0, 0.05) is 18.3 Å². The Kier molecular flexibility index (Phi) is 3.34. The van der Waals surface area contributed by atoms with Crippen LogP contribution in [0.2, 0.25) is 5.02 Å². The van der Waals surface area contributed by atoms with E-state index in [4.69, 9.17) is 22.1 Å². The standard InChI is InChI=1S/C11H15ClN2O/c12-10-6-8(13)3-4-11(10)14-9-2-1-5-15-7-9/h3-4,6,9,14H,1-2,5,7,13H2. The van der Waals surface area contributed by atoms with Crippen LogP contribution in [0.15, 0.2) is 18.2 Å². The van der Waals surface area contributed by atoms with Gasteiger partial charge < -0.3 is 15.8 Å². The number of nitrogens with two attached hydrogens (primary N) is 1. The maximum absolute atomic E-state index is 6.07. The first-order chi connectivity index (χ1) is 7.25. The lowest BCUT2D eigenvalue weighted by molar-refractivity contribution is 0.0876. The van der Waals surface area contributed by atoms with Crippen molar-refractivity contribution in [3.05, 3.63) is 23.2 Å². The van der Waals surface area contributed by atoms with Gasteiger partial charge >= 0.3 is 0 Å². The Bertz CT molecular complexity index is 337. The van der Waals surface area contributed by atoms with E-state index < -0.39 is 0 Å². The van der Waals surface area contributed by atoms with Gasteiger partial charge in [0.25, 0.3) is 0 Å². The van der Waals surface area contributed by atoms with Crippen LogP contribution in [0.25, 0.3) is 0 Å². The van der Waals surface area contributed by atoms with Crippen LogP contribution in [-0.2, 0) is 4.74 Å². The summed E-state index contributed by atoms with van der Waals surface area (Å²) in [4.78, 5) is 0. The predicted molar refractivity (Wildman–Crippen MR) is 63.3 cm³/mol. The summed E-state index contributed by atoms with van der Waals surface area (Å²) in [6, 6.07) is 5.87. The second kappa shape index (κ2) is 4.73. The second-order valence-corrected chi connectivity index (χ2v) is 4.20. The first kappa shape index (κ1) is 10.6. The van der Waals surface area contributed by atoms with E-state index in [0.29, 0.717) is 16.8 Å². The highest BCUT2D eigenvalue weighted by Crippen LogP contribution is 2.25. The van der Waals surface area contributed by atoms with Crippen LogP contribution in [0.3, 0.4) is 0 Å². The van der Waals surface area contributed by atoms with Gasteiger partial charge in [0.15, 0.2) is 0 Å². The van der Waals surface area contributed by atoms with Crippen molar-refractivity contribution in [3.8, 4) is 0 Å². The van der Waals surface area contributed by atoms with Crippen molar-refractivity contribution in [3.63, 3.8) is 0 Å². The maximum Gasteiger partial charge on any atom is 0.0667 e. The van der Waals surface area contributed by atoms with Gasteiger partial charge in [0.1, 0.15) is 0 Å². The molecule has 1 atom stereocenters. The SMILES string of the molecule is Nc1ccc(NC2CCCOC2)c(Cl)c1. The third kappa shape index (κ3) is 2.76. The minimum atomic E-state index is 0.361. The molecule has 0 bridgehead atoms. The van der Waals surface area contributed by atoms with E-state index in [1.165, 1.54) is 0 Å². The predicted octanol–water partition coefficient (Wildman–Crippen LogP) is 2.51. The molecule has 15 heavy (non-hydrogen) atoms. The molecule has 1 aliphatic heterocycles. The average molecular weight is 227 g/mol. The van der Waals surface area contributed by atoms with Gasteiger partial charge in [-0.05, 0) is 31.0 Å². The molecule has 0 aliphatic carbocycles. The van der Waals surface area contributed by atoms with Gasteiger partial charge in [-0.15, -0.1) is 0 Å². The van der Waals surface area contributed by atoms with Crippen LogP contribution in [-0.4, -0.2) is 19.3 Å². The highest BCUT2D eigenvalue weighted by atomic mass is 35.5. The highest BCUT2D eigenvalue weighted by molar-refractivity contribution is 6.33. The number of rotatable bonds is 2. The molecule has 1 aliphatic rings. The molecule has 2 rings (SSSR count). The summed E-state index contributed by atoms with van der Waals surface area (Å²) < 4.78 is 5.39. The number of halogens is 1. The van der Waals surface area contributed by atoms with Crippen molar-refractivity contribution in [1.29, 1.82) is 0 Å². The summed E-state index contributed by atoms with van der Waals surface area (Å²) in [6.07, 6.45) is 2.23. The summed E-state index contributed by atoms with van der Waals surface area (Å²) in [6.45, 7) is 1.62. The third-order valence-corrected chi connectivity index (χ3v) is 2.83. The number of nitrogens with one attached hydrogen (secondary N) is 1. The molecular formula is C11H15ClN2O. The fourth-order valence-electron chi connectivity index (χ4n) is 1.72. The molecule has 0 radical (unpaired) electrons. The zero-order chi connectivity index (χ0) is 10.7. The van der Waals surface area contributed by atoms with Crippen molar-refractivity contribution in [2.45, 2.75) is 18.9 Å². The molecule has 0 aromatic heterocycles. The lowest BCUT2D eigenvalue weighted by atomic mass is 10.1. The van der Waals surface area contributed by atoms with Crippen molar-refractivity contribution < 1.29 is 4.74 Å². The van der Waals surface area contributed by atoms with Gasteiger partial charge in [-0.25, -0.2) is 0 Å². The minimum absolute atomic E-state index is 0.361. The fourth-order valence-corrected chi connectivity index (χ4v) is 1.97. The average Bonchev–Trinajstić information content (AvgIpc) is 2.24. The van der Waals surface area contributed by atoms with Crippen molar-refractivity contribution in [2.75, 3.05) is 24.3 Å². The minimum Gasteiger partial charge on any atom is -0.399 e. The van der Waals surface area contributed by atoms with Crippen LogP contribution in [0.5, 0.6) is 0 Å². The van der Waals surface area contributed by atoms with Gasteiger partial charge in [-0.1, -0.05) is 11.6 Å². The number of ether oxygens (including phenoxy) is 1. The molecule has 1 aromatic carbocycles. The Balaban J connectivity index is 2.03. The van der Waals surface area contributed by atoms with Gasteiger partial charge in [0.05, 0.1) is 17.3 Å². The van der Waals surface area contributed by atoms with E-state index in [0.717, 1.165) is 31.7 Å². The van der Waals surface area contributed by atoms with Gasteiger partial charge in [0.2, 0.25) is 0 Å². The molecule has 1 heterocycles. The van der Waals surface area contributed by atoms with E-state index in [2.05, 4.69) is 5.32 Å². The highest BCUT2D eigenvalue weighted by Gasteiger charge is 2.14. The zero-order valence-electron chi connectivity index (χ0n) is 8.50. The Morgan fingerprint density at radius 1 is 1.47 bits per heavy atom. The number of benzene rings is 1. The van der Waals surface area contributed by atoms with Crippen molar-refractivity contribution >= 4 is 23.0 Å². The van der Waals surface area contributed by atoms with Gasteiger partial charge in [-0.2, -0.15) is 0 Å². The number of anilines is 2. The molecular weight excluding hydrogens is 212 g/mol. The van der Waals surface area contributed by atoms with E-state index in [9.17, 15) is 0 Å². The van der Waals surface area contributed by atoms with Crippen LogP contribution < -0.4 is 11.1 Å². The maximum atomic E-state index is 6.07. The largest absolute Gasteiger partial charge is 0.399 e. The van der Waals surface area contributed by atoms with Crippen LogP contribution in [0.1, 0.15) is 12.8 Å². The van der Waals surface area contributed by atoms with Crippen molar-refractivity contribution in [1.82, 2.24) is 0 Å². The van der Waals surface area contributed by atoms with E-state index >= 15 is 0 Å². The number of hydrogen-bond donors (Lipinski definition) is 2. The Morgan fingerprint density at radius 2 is 2.33 bits per heavy atom. The molecule has 1 unspecified atom stereocenters. The molecule has 1 fully saturated rings. The lowest BCUT2D eigenvalue weighted by Gasteiger charge is -2.24. The first-order valence-corrected chi connectivity index (χ1v) is 5.53. The monoisotopic (exact) mass is 226 g/mol. The molecule has 1 saturated heterocycles. The summed E-state index contributed by atoms with van der Waals surface area (Å²) in [5.41, 5.74) is 7.24. The van der Waals surface area contributed by atoms with Crippen LogP contribution in [0.4, 0.5) is 11.4 Å². The summed E-state index contributed by atoms with van der Waals surface area (Å²) in [5.74, 6) is 0. The summed E-state index contributed by atoms with van der Waals surface area (Å²) in [7, 11) is 0. The van der Waals surface area contributed by atoms with E-state index in [-0.39, 0.29) is 0 Å². The summed E-state index contributed by atoms with van der Waals surface area (Å²) in [5, 5.41) is 4.03. The number of nitrogen functional groups attached to an aromatic ring is 1. The van der Waals surface area contributed by atoms with E-state index in [1.54, 1.807) is 6.07 Å². The molecule has 0 amide bonds. The molecule has 3 N–H and O–H groups in total. The van der Waals surface area contributed by atoms with Gasteiger partial charge in [-0.3, -0.25) is 0 Å². The molecule has 0 spiro atoms. The number of hydrogen-bond acceptors (Lipinski definition) is 3. The third-order valence-electron chi connectivity index (χ3n) is 2.51. The van der Waals surface area contributed by atoms with E-state index in [1.807, 2.05) is 12.1 Å². The quantitative estimate of drug-likeness (QED) is 0.762. The second-order valence-electron chi connectivity index (χ2n) is 3.80. The fraction of sp³-hybridized carbons (Fsp3) is 0.455. The topological polar surface area (TPSA) is 47.3 Å². The smallest absolute Gasteiger partial charge is 0.0667 e. The Labute approximate surface area is 94.6 Å². The molecule has 0 saturated carbocycles.